The van der Waals surface area contributed by atoms with Gasteiger partial charge in [0.05, 0.1) is 5.69 Å². The maximum atomic E-state index is 13.0. The molecule has 0 saturated carbocycles. The number of aromatic nitrogens is 2. The fourth-order valence-corrected chi connectivity index (χ4v) is 2.63. The second-order valence-electron chi connectivity index (χ2n) is 5.46. The maximum Gasteiger partial charge on any atom is 0.276 e. The zero-order chi connectivity index (χ0) is 17.3. The van der Waals surface area contributed by atoms with E-state index in [2.05, 4.69) is 26.3 Å². The average molecular weight is 388 g/mol. The first-order valence-electron chi connectivity index (χ1n) is 7.31. The number of halogens is 2. The monoisotopic (exact) mass is 387 g/mol. The van der Waals surface area contributed by atoms with Gasteiger partial charge in [-0.1, -0.05) is 15.9 Å². The number of benzene rings is 2. The average Bonchev–Trinajstić information content (AvgIpc) is 2.94. The number of anilines is 1. The zero-order valence-corrected chi connectivity index (χ0v) is 14.8. The summed E-state index contributed by atoms with van der Waals surface area (Å²) >= 11 is 3.43. The topological polar surface area (TPSA) is 46.9 Å². The van der Waals surface area contributed by atoms with Crippen LogP contribution in [0, 0.1) is 12.7 Å². The number of aryl methyl sites for hydroxylation is 2. The molecule has 0 aliphatic carbocycles. The van der Waals surface area contributed by atoms with Gasteiger partial charge in [0.1, 0.15) is 5.82 Å². The molecule has 0 saturated heterocycles. The molecule has 0 spiro atoms. The van der Waals surface area contributed by atoms with Crippen LogP contribution in [0.15, 0.2) is 53.0 Å². The number of carbonyl (C=O) groups excluding carboxylic acids is 1. The van der Waals surface area contributed by atoms with E-state index in [4.69, 9.17) is 0 Å². The first kappa shape index (κ1) is 16.4. The van der Waals surface area contributed by atoms with Gasteiger partial charge < -0.3 is 5.32 Å². The quantitative estimate of drug-likeness (QED) is 0.716. The van der Waals surface area contributed by atoms with E-state index in [-0.39, 0.29) is 11.7 Å². The highest BCUT2D eigenvalue weighted by Crippen LogP contribution is 2.22. The Hall–Kier alpha value is -2.47. The Balaban J connectivity index is 1.84. The van der Waals surface area contributed by atoms with Crippen molar-refractivity contribution in [1.29, 1.82) is 0 Å². The van der Waals surface area contributed by atoms with Crippen molar-refractivity contribution in [1.82, 2.24) is 9.78 Å². The number of nitrogens with one attached hydrogen (secondary N) is 1. The molecule has 3 rings (SSSR count). The van der Waals surface area contributed by atoms with Crippen molar-refractivity contribution < 1.29 is 9.18 Å². The van der Waals surface area contributed by atoms with Crippen molar-refractivity contribution in [2.75, 3.05) is 5.32 Å². The summed E-state index contributed by atoms with van der Waals surface area (Å²) in [4.78, 5) is 12.4. The van der Waals surface area contributed by atoms with Gasteiger partial charge >= 0.3 is 0 Å². The molecule has 0 unspecified atom stereocenters. The third-order valence-electron chi connectivity index (χ3n) is 3.67. The first-order valence-corrected chi connectivity index (χ1v) is 8.11. The fourth-order valence-electron chi connectivity index (χ4n) is 2.39. The Morgan fingerprint density at radius 2 is 1.88 bits per heavy atom. The first-order chi connectivity index (χ1) is 11.4. The van der Waals surface area contributed by atoms with Crippen LogP contribution in [0.2, 0.25) is 0 Å². The van der Waals surface area contributed by atoms with Crippen molar-refractivity contribution in [3.8, 4) is 11.3 Å². The molecule has 2 aromatic carbocycles. The molecule has 0 radical (unpaired) electrons. The molecule has 0 bridgehead atoms. The van der Waals surface area contributed by atoms with Gasteiger partial charge in [0, 0.05) is 17.2 Å². The molecule has 6 heteroatoms. The highest BCUT2D eigenvalue weighted by Gasteiger charge is 2.14. The van der Waals surface area contributed by atoms with E-state index in [1.54, 1.807) is 29.9 Å². The van der Waals surface area contributed by atoms with E-state index in [0.29, 0.717) is 11.4 Å². The van der Waals surface area contributed by atoms with E-state index in [0.717, 1.165) is 21.3 Å². The summed E-state index contributed by atoms with van der Waals surface area (Å²) in [5.74, 6) is -0.592. The van der Waals surface area contributed by atoms with Gasteiger partial charge in [0.25, 0.3) is 5.91 Å². The van der Waals surface area contributed by atoms with Crippen LogP contribution in [0.1, 0.15) is 16.1 Å². The van der Waals surface area contributed by atoms with Gasteiger partial charge in [-0.2, -0.15) is 5.10 Å². The summed E-state index contributed by atoms with van der Waals surface area (Å²) < 4.78 is 15.6. The zero-order valence-electron chi connectivity index (χ0n) is 13.2. The predicted octanol–water partition coefficient (Wildman–Crippen LogP) is 4.55. The number of nitrogens with zero attached hydrogens (tertiary/aromatic N) is 2. The van der Waals surface area contributed by atoms with E-state index >= 15 is 0 Å². The molecule has 1 heterocycles. The maximum absolute atomic E-state index is 13.0. The Bertz CT molecular complexity index is 903. The smallest absolute Gasteiger partial charge is 0.276 e. The summed E-state index contributed by atoms with van der Waals surface area (Å²) in [5.41, 5.74) is 3.57. The molecule has 1 N–H and O–H groups in total. The van der Waals surface area contributed by atoms with E-state index in [9.17, 15) is 9.18 Å². The van der Waals surface area contributed by atoms with Crippen LogP contribution in [0.5, 0.6) is 0 Å². The summed E-state index contributed by atoms with van der Waals surface area (Å²) in [6, 6.07) is 13.4. The Labute approximate surface area is 147 Å². The molecule has 1 aromatic heterocycles. The second kappa shape index (κ2) is 6.57. The lowest BCUT2D eigenvalue weighted by Gasteiger charge is -2.05. The molecule has 3 aromatic rings. The predicted molar refractivity (Wildman–Crippen MR) is 95.4 cm³/mol. The third kappa shape index (κ3) is 3.38. The molecule has 24 heavy (non-hydrogen) atoms. The highest BCUT2D eigenvalue weighted by molar-refractivity contribution is 9.10. The molecule has 0 aliphatic rings. The Morgan fingerprint density at radius 1 is 1.17 bits per heavy atom. The lowest BCUT2D eigenvalue weighted by molar-refractivity contribution is 0.102. The van der Waals surface area contributed by atoms with Crippen molar-refractivity contribution in [2.45, 2.75) is 6.92 Å². The summed E-state index contributed by atoms with van der Waals surface area (Å²) in [6.45, 7) is 1.95. The minimum absolute atomic E-state index is 0.291. The lowest BCUT2D eigenvalue weighted by atomic mass is 10.1. The van der Waals surface area contributed by atoms with Gasteiger partial charge in [-0.25, -0.2) is 4.39 Å². The van der Waals surface area contributed by atoms with Gasteiger partial charge in [-0.15, -0.1) is 0 Å². The summed E-state index contributed by atoms with van der Waals surface area (Å²) in [6.07, 6.45) is 0. The van der Waals surface area contributed by atoms with Gasteiger partial charge in [-0.3, -0.25) is 9.48 Å². The van der Waals surface area contributed by atoms with Gasteiger partial charge in [0.15, 0.2) is 5.69 Å². The Kier molecular flexibility index (Phi) is 4.49. The van der Waals surface area contributed by atoms with Crippen LogP contribution in [0.3, 0.4) is 0 Å². The summed E-state index contributed by atoms with van der Waals surface area (Å²) in [5, 5.41) is 7.08. The van der Waals surface area contributed by atoms with Crippen LogP contribution in [-0.2, 0) is 7.05 Å². The highest BCUT2D eigenvalue weighted by atomic mass is 79.9. The van der Waals surface area contributed by atoms with Crippen molar-refractivity contribution in [2.24, 2.45) is 7.05 Å². The van der Waals surface area contributed by atoms with E-state index in [1.807, 2.05) is 25.1 Å². The van der Waals surface area contributed by atoms with Crippen LogP contribution >= 0.6 is 15.9 Å². The molecule has 122 valence electrons. The Morgan fingerprint density at radius 3 is 2.54 bits per heavy atom. The van der Waals surface area contributed by atoms with Crippen molar-refractivity contribution in [3.63, 3.8) is 0 Å². The largest absolute Gasteiger partial charge is 0.321 e. The van der Waals surface area contributed by atoms with E-state index < -0.39 is 0 Å². The van der Waals surface area contributed by atoms with E-state index in [1.165, 1.54) is 12.1 Å². The SMILES string of the molecule is Cc1cc(NC(=O)c2cc(-c3ccc(F)cc3)n(C)n2)ccc1Br. The molecule has 1 amide bonds. The number of amides is 1. The minimum Gasteiger partial charge on any atom is -0.321 e. The molecular weight excluding hydrogens is 373 g/mol. The second-order valence-corrected chi connectivity index (χ2v) is 6.32. The van der Waals surface area contributed by atoms with Crippen molar-refractivity contribution >= 4 is 27.5 Å². The van der Waals surface area contributed by atoms with Gasteiger partial charge in [0.2, 0.25) is 0 Å². The normalized spacial score (nSPS) is 10.7. The van der Waals surface area contributed by atoms with Crippen LogP contribution in [0.4, 0.5) is 10.1 Å². The minimum atomic E-state index is -0.301. The van der Waals surface area contributed by atoms with Crippen LogP contribution in [-0.4, -0.2) is 15.7 Å². The molecular formula is C18H15BrFN3O. The van der Waals surface area contributed by atoms with Crippen molar-refractivity contribution in [3.05, 3.63) is 70.1 Å². The third-order valence-corrected chi connectivity index (χ3v) is 4.56. The standard InChI is InChI=1S/C18H15BrFN3O/c1-11-9-14(7-8-15(11)19)21-18(24)16-10-17(23(2)22-16)12-3-5-13(20)6-4-12/h3-10H,1-2H3,(H,21,24). The molecule has 4 nitrogen and oxygen atoms in total. The molecule has 0 fully saturated rings. The number of hydrogen-bond acceptors (Lipinski definition) is 2. The van der Waals surface area contributed by atoms with Crippen LogP contribution < -0.4 is 5.32 Å². The fraction of sp³-hybridized carbons (Fsp3) is 0.111. The van der Waals surface area contributed by atoms with Crippen LogP contribution in [0.25, 0.3) is 11.3 Å². The molecule has 0 aliphatic heterocycles. The van der Waals surface area contributed by atoms with Gasteiger partial charge in [-0.05, 0) is 66.6 Å². The number of carbonyl (C=O) groups is 1. The number of rotatable bonds is 3. The number of hydrogen-bond donors (Lipinski definition) is 1. The summed E-state index contributed by atoms with van der Waals surface area (Å²) in [7, 11) is 1.75. The molecule has 0 atom stereocenters. The lowest BCUT2D eigenvalue weighted by Crippen LogP contribution is -2.13.